The SMILES string of the molecule is COC(=O)c1cccc(OCC(=O)NC(C)c2ccc(F)cc2)c1. The lowest BCUT2D eigenvalue weighted by Gasteiger charge is -2.15. The van der Waals surface area contributed by atoms with Gasteiger partial charge in [-0.15, -0.1) is 0 Å². The van der Waals surface area contributed by atoms with Gasteiger partial charge in [-0.05, 0) is 42.8 Å². The van der Waals surface area contributed by atoms with E-state index in [1.165, 1.54) is 25.3 Å². The molecule has 1 unspecified atom stereocenters. The van der Waals surface area contributed by atoms with Crippen LogP contribution in [0.1, 0.15) is 28.9 Å². The molecule has 0 aliphatic rings. The molecule has 1 N–H and O–H groups in total. The molecular weight excluding hydrogens is 313 g/mol. The summed E-state index contributed by atoms with van der Waals surface area (Å²) in [7, 11) is 1.29. The molecule has 0 spiro atoms. The number of amides is 1. The largest absolute Gasteiger partial charge is 0.484 e. The minimum absolute atomic E-state index is 0.198. The summed E-state index contributed by atoms with van der Waals surface area (Å²) in [4.78, 5) is 23.4. The van der Waals surface area contributed by atoms with Crippen LogP contribution < -0.4 is 10.1 Å². The number of rotatable bonds is 6. The predicted molar refractivity (Wildman–Crippen MR) is 86.2 cm³/mol. The van der Waals surface area contributed by atoms with E-state index in [1.807, 2.05) is 0 Å². The zero-order valence-electron chi connectivity index (χ0n) is 13.4. The maximum atomic E-state index is 12.9. The van der Waals surface area contributed by atoms with Crippen LogP contribution >= 0.6 is 0 Å². The van der Waals surface area contributed by atoms with Gasteiger partial charge in [0.25, 0.3) is 5.91 Å². The fourth-order valence-corrected chi connectivity index (χ4v) is 2.10. The van der Waals surface area contributed by atoms with Gasteiger partial charge in [0.2, 0.25) is 0 Å². The van der Waals surface area contributed by atoms with E-state index in [0.717, 1.165) is 5.56 Å². The molecule has 2 aromatic rings. The van der Waals surface area contributed by atoms with Gasteiger partial charge in [-0.1, -0.05) is 18.2 Å². The molecule has 2 rings (SSSR count). The molecule has 0 aliphatic heterocycles. The van der Waals surface area contributed by atoms with Crippen LogP contribution in [0, 0.1) is 5.82 Å². The summed E-state index contributed by atoms with van der Waals surface area (Å²) in [6, 6.07) is 12.0. The second kappa shape index (κ2) is 8.10. The Morgan fingerprint density at radius 2 is 1.88 bits per heavy atom. The zero-order valence-corrected chi connectivity index (χ0v) is 13.4. The maximum Gasteiger partial charge on any atom is 0.337 e. The highest BCUT2D eigenvalue weighted by Crippen LogP contribution is 2.15. The van der Waals surface area contributed by atoms with Crippen molar-refractivity contribution in [3.05, 3.63) is 65.5 Å². The molecule has 126 valence electrons. The number of carbonyl (C=O) groups excluding carboxylic acids is 2. The van der Waals surface area contributed by atoms with Crippen molar-refractivity contribution in [1.29, 1.82) is 0 Å². The van der Waals surface area contributed by atoms with Crippen molar-refractivity contribution in [2.45, 2.75) is 13.0 Å². The summed E-state index contributed by atoms with van der Waals surface area (Å²) >= 11 is 0. The molecule has 0 aliphatic carbocycles. The van der Waals surface area contributed by atoms with Crippen LogP contribution in [0.4, 0.5) is 4.39 Å². The Labute approximate surface area is 139 Å². The molecule has 0 bridgehead atoms. The van der Waals surface area contributed by atoms with E-state index < -0.39 is 5.97 Å². The molecule has 1 amide bonds. The molecular formula is C18H18FNO4. The van der Waals surface area contributed by atoms with Gasteiger partial charge < -0.3 is 14.8 Å². The van der Waals surface area contributed by atoms with E-state index in [9.17, 15) is 14.0 Å². The molecule has 1 atom stereocenters. The van der Waals surface area contributed by atoms with Crippen LogP contribution in [0.25, 0.3) is 0 Å². The van der Waals surface area contributed by atoms with E-state index in [1.54, 1.807) is 37.3 Å². The van der Waals surface area contributed by atoms with Gasteiger partial charge in [-0.3, -0.25) is 4.79 Å². The molecule has 24 heavy (non-hydrogen) atoms. The van der Waals surface area contributed by atoms with Crippen LogP contribution in [0.5, 0.6) is 5.75 Å². The first kappa shape index (κ1) is 17.5. The third-order valence-electron chi connectivity index (χ3n) is 3.37. The van der Waals surface area contributed by atoms with E-state index in [2.05, 4.69) is 10.1 Å². The van der Waals surface area contributed by atoms with Crippen molar-refractivity contribution in [2.24, 2.45) is 0 Å². The van der Waals surface area contributed by atoms with Gasteiger partial charge in [-0.2, -0.15) is 0 Å². The highest BCUT2D eigenvalue weighted by molar-refractivity contribution is 5.89. The second-order valence-corrected chi connectivity index (χ2v) is 5.15. The standard InChI is InChI=1S/C18H18FNO4/c1-12(13-6-8-15(19)9-7-13)20-17(21)11-24-16-5-3-4-14(10-16)18(22)23-2/h3-10,12H,11H2,1-2H3,(H,20,21). The first-order valence-electron chi connectivity index (χ1n) is 7.35. The quantitative estimate of drug-likeness (QED) is 0.827. The Morgan fingerprint density at radius 1 is 1.17 bits per heavy atom. The smallest absolute Gasteiger partial charge is 0.337 e. The number of nitrogens with one attached hydrogen (secondary N) is 1. The van der Waals surface area contributed by atoms with E-state index in [4.69, 9.17) is 4.74 Å². The number of esters is 1. The second-order valence-electron chi connectivity index (χ2n) is 5.15. The van der Waals surface area contributed by atoms with Gasteiger partial charge in [0.05, 0.1) is 18.7 Å². The molecule has 0 aromatic heterocycles. The van der Waals surface area contributed by atoms with Crippen molar-refractivity contribution in [3.63, 3.8) is 0 Å². The fraction of sp³-hybridized carbons (Fsp3) is 0.222. The van der Waals surface area contributed by atoms with Gasteiger partial charge in [0.1, 0.15) is 11.6 Å². The fourth-order valence-electron chi connectivity index (χ4n) is 2.10. The summed E-state index contributed by atoms with van der Waals surface area (Å²) in [6.45, 7) is 1.60. The molecule has 0 fully saturated rings. The molecule has 0 saturated heterocycles. The number of benzene rings is 2. The van der Waals surface area contributed by atoms with Gasteiger partial charge >= 0.3 is 5.97 Å². The number of halogens is 1. The van der Waals surface area contributed by atoms with Crippen LogP contribution in [0.2, 0.25) is 0 Å². The molecule has 0 heterocycles. The third-order valence-corrected chi connectivity index (χ3v) is 3.37. The Bertz CT molecular complexity index is 715. The maximum absolute atomic E-state index is 12.9. The average Bonchev–Trinajstić information content (AvgIpc) is 2.60. The normalized spacial score (nSPS) is 11.5. The van der Waals surface area contributed by atoms with Crippen molar-refractivity contribution < 1.29 is 23.5 Å². The average molecular weight is 331 g/mol. The van der Waals surface area contributed by atoms with Crippen LogP contribution in [-0.2, 0) is 9.53 Å². The van der Waals surface area contributed by atoms with E-state index >= 15 is 0 Å². The Hall–Kier alpha value is -2.89. The number of ether oxygens (including phenoxy) is 2. The number of hydrogen-bond acceptors (Lipinski definition) is 4. The summed E-state index contributed by atoms with van der Waals surface area (Å²) in [5, 5.41) is 2.76. The number of hydrogen-bond donors (Lipinski definition) is 1. The Balaban J connectivity index is 1.89. The lowest BCUT2D eigenvalue weighted by Crippen LogP contribution is -2.31. The van der Waals surface area contributed by atoms with Gasteiger partial charge in [-0.25, -0.2) is 9.18 Å². The molecule has 0 saturated carbocycles. The highest BCUT2D eigenvalue weighted by Gasteiger charge is 2.11. The van der Waals surface area contributed by atoms with Crippen molar-refractivity contribution in [3.8, 4) is 5.75 Å². The predicted octanol–water partition coefficient (Wildman–Crippen LogP) is 2.87. The Morgan fingerprint density at radius 3 is 2.54 bits per heavy atom. The lowest BCUT2D eigenvalue weighted by atomic mass is 10.1. The number of carbonyl (C=O) groups is 2. The summed E-state index contributed by atoms with van der Waals surface area (Å²) in [6.07, 6.45) is 0. The first-order valence-corrected chi connectivity index (χ1v) is 7.35. The zero-order chi connectivity index (χ0) is 17.5. The van der Waals surface area contributed by atoms with Gasteiger partial charge in [0, 0.05) is 0 Å². The monoisotopic (exact) mass is 331 g/mol. The number of methoxy groups -OCH3 is 1. The van der Waals surface area contributed by atoms with Crippen LogP contribution in [0.3, 0.4) is 0 Å². The molecule has 5 nitrogen and oxygen atoms in total. The summed E-state index contributed by atoms with van der Waals surface area (Å²) in [5.41, 5.74) is 1.13. The van der Waals surface area contributed by atoms with Gasteiger partial charge in [0.15, 0.2) is 6.61 Å². The highest BCUT2D eigenvalue weighted by atomic mass is 19.1. The van der Waals surface area contributed by atoms with Crippen molar-refractivity contribution in [2.75, 3.05) is 13.7 Å². The topological polar surface area (TPSA) is 64.6 Å². The van der Waals surface area contributed by atoms with Crippen LogP contribution in [-0.4, -0.2) is 25.6 Å². The van der Waals surface area contributed by atoms with E-state index in [-0.39, 0.29) is 24.4 Å². The lowest BCUT2D eigenvalue weighted by molar-refractivity contribution is -0.123. The van der Waals surface area contributed by atoms with Crippen LogP contribution in [0.15, 0.2) is 48.5 Å². The molecule has 0 radical (unpaired) electrons. The minimum Gasteiger partial charge on any atom is -0.484 e. The van der Waals surface area contributed by atoms with Crippen molar-refractivity contribution >= 4 is 11.9 Å². The summed E-state index contributed by atoms with van der Waals surface area (Å²) < 4.78 is 22.9. The Kier molecular flexibility index (Phi) is 5.89. The van der Waals surface area contributed by atoms with E-state index in [0.29, 0.717) is 11.3 Å². The molecule has 2 aromatic carbocycles. The summed E-state index contributed by atoms with van der Waals surface area (Å²) in [5.74, 6) is -0.737. The minimum atomic E-state index is -0.477. The molecule has 6 heteroatoms. The first-order chi connectivity index (χ1) is 11.5. The third kappa shape index (κ3) is 4.81. The van der Waals surface area contributed by atoms with Crippen molar-refractivity contribution in [1.82, 2.24) is 5.32 Å².